The molecule has 0 bridgehead atoms. The number of unbranched alkanes of at least 4 members (excludes halogenated alkanes) is 35. The summed E-state index contributed by atoms with van der Waals surface area (Å²) >= 11 is 0. The predicted octanol–water partition coefficient (Wildman–Crippen LogP) is 23.0. The van der Waals surface area contributed by atoms with Crippen LogP contribution in [-0.4, -0.2) is 96.7 Å². The van der Waals surface area contributed by atoms with Crippen LogP contribution in [0.2, 0.25) is 0 Å². The molecule has 0 aliphatic heterocycles. The molecule has 0 amide bonds. The number of carbonyl (C=O) groups excluding carboxylic acids is 4. The highest BCUT2D eigenvalue weighted by molar-refractivity contribution is 7.47. The lowest BCUT2D eigenvalue weighted by Gasteiger charge is -2.21. The second kappa shape index (κ2) is 73.5. The molecule has 5 unspecified atom stereocenters. The van der Waals surface area contributed by atoms with Crippen LogP contribution in [0.5, 0.6) is 0 Å². The molecule has 17 nitrogen and oxygen atoms in total. The van der Waals surface area contributed by atoms with E-state index in [0.29, 0.717) is 25.7 Å². The molecular formula is C81H144O17P2. The van der Waals surface area contributed by atoms with E-state index in [0.717, 1.165) is 173 Å². The first kappa shape index (κ1) is 96.2. The van der Waals surface area contributed by atoms with Crippen LogP contribution < -0.4 is 0 Å². The Morgan fingerprint density at radius 1 is 0.290 bits per heavy atom. The number of phosphoric acid groups is 2. The van der Waals surface area contributed by atoms with Gasteiger partial charge in [0.05, 0.1) is 26.4 Å². The summed E-state index contributed by atoms with van der Waals surface area (Å²) in [5.41, 5.74) is 0. The first-order valence-corrected chi connectivity index (χ1v) is 42.8. The molecule has 0 aromatic rings. The maximum atomic E-state index is 13.1. The summed E-state index contributed by atoms with van der Waals surface area (Å²) in [6.45, 7) is 4.73. The van der Waals surface area contributed by atoms with Gasteiger partial charge in [-0.05, 0) is 122 Å². The summed E-state index contributed by atoms with van der Waals surface area (Å²) in [6, 6.07) is 0. The van der Waals surface area contributed by atoms with Gasteiger partial charge in [0.2, 0.25) is 0 Å². The molecule has 0 aliphatic rings. The third-order valence-electron chi connectivity index (χ3n) is 16.8. The number of carbonyl (C=O) groups is 4. The molecule has 100 heavy (non-hydrogen) atoms. The third kappa shape index (κ3) is 72.6. The van der Waals surface area contributed by atoms with Gasteiger partial charge in [0.1, 0.15) is 19.3 Å². The minimum absolute atomic E-state index is 0.0844. The maximum Gasteiger partial charge on any atom is 0.472 e. The molecule has 0 fully saturated rings. The average molecular weight is 1450 g/mol. The zero-order chi connectivity index (χ0) is 73.2. The molecule has 0 radical (unpaired) electrons. The molecule has 0 aliphatic carbocycles. The fraction of sp³-hybridized carbons (Fsp3) is 0.778. The van der Waals surface area contributed by atoms with Crippen LogP contribution in [0.25, 0.3) is 0 Å². The molecule has 0 saturated carbocycles. The van der Waals surface area contributed by atoms with Gasteiger partial charge in [0, 0.05) is 25.7 Å². The smallest absolute Gasteiger partial charge is 0.462 e. The van der Waals surface area contributed by atoms with Crippen molar-refractivity contribution in [2.45, 2.75) is 367 Å². The Labute approximate surface area is 608 Å². The van der Waals surface area contributed by atoms with Gasteiger partial charge >= 0.3 is 39.5 Å². The van der Waals surface area contributed by atoms with Gasteiger partial charge in [-0.15, -0.1) is 0 Å². The van der Waals surface area contributed by atoms with Crippen molar-refractivity contribution in [3.8, 4) is 0 Å². The van der Waals surface area contributed by atoms with Crippen molar-refractivity contribution in [3.63, 3.8) is 0 Å². The number of rotatable bonds is 75. The number of aliphatic hydroxyl groups is 1. The number of hydrogen-bond donors (Lipinski definition) is 3. The van der Waals surface area contributed by atoms with Gasteiger partial charge in [0.25, 0.3) is 0 Å². The van der Waals surface area contributed by atoms with Crippen LogP contribution in [0.3, 0.4) is 0 Å². The van der Waals surface area contributed by atoms with E-state index in [4.69, 9.17) is 37.0 Å². The monoisotopic (exact) mass is 1450 g/mol. The van der Waals surface area contributed by atoms with Crippen molar-refractivity contribution in [1.29, 1.82) is 0 Å². The fourth-order valence-electron chi connectivity index (χ4n) is 10.8. The number of allylic oxidation sites excluding steroid dienone is 14. The van der Waals surface area contributed by atoms with Crippen molar-refractivity contribution < 1.29 is 80.2 Å². The molecule has 0 spiro atoms. The fourth-order valence-corrected chi connectivity index (χ4v) is 12.3. The highest BCUT2D eigenvalue weighted by Crippen LogP contribution is 2.45. The minimum Gasteiger partial charge on any atom is -0.462 e. The number of hydrogen-bond acceptors (Lipinski definition) is 15. The molecule has 0 aromatic heterocycles. The Morgan fingerprint density at radius 3 is 0.830 bits per heavy atom. The number of esters is 4. The lowest BCUT2D eigenvalue weighted by Crippen LogP contribution is -2.30. The van der Waals surface area contributed by atoms with Gasteiger partial charge < -0.3 is 33.8 Å². The predicted molar refractivity (Wildman–Crippen MR) is 409 cm³/mol. The molecular weight excluding hydrogens is 1310 g/mol. The normalized spacial score (nSPS) is 14.3. The largest absolute Gasteiger partial charge is 0.472 e. The Bertz CT molecular complexity index is 2230. The summed E-state index contributed by atoms with van der Waals surface area (Å²) in [4.78, 5) is 72.9. The topological polar surface area (TPSA) is 237 Å². The second-order valence-corrected chi connectivity index (χ2v) is 29.5. The van der Waals surface area contributed by atoms with E-state index < -0.39 is 97.5 Å². The number of phosphoric ester groups is 2. The first-order chi connectivity index (χ1) is 48.7. The van der Waals surface area contributed by atoms with E-state index in [1.807, 2.05) is 0 Å². The molecule has 0 saturated heterocycles. The van der Waals surface area contributed by atoms with Crippen LogP contribution >= 0.6 is 15.6 Å². The summed E-state index contributed by atoms with van der Waals surface area (Å²) in [7, 11) is -9.95. The molecule has 5 atom stereocenters. The zero-order valence-corrected chi connectivity index (χ0v) is 65.2. The van der Waals surface area contributed by atoms with Gasteiger partial charge in [0.15, 0.2) is 12.2 Å². The summed E-state index contributed by atoms with van der Waals surface area (Å²) in [5.74, 6) is -2.19. The van der Waals surface area contributed by atoms with E-state index in [1.54, 1.807) is 0 Å². The van der Waals surface area contributed by atoms with E-state index in [9.17, 15) is 43.2 Å². The molecule has 580 valence electrons. The zero-order valence-electron chi connectivity index (χ0n) is 63.4. The van der Waals surface area contributed by atoms with E-state index >= 15 is 0 Å². The van der Waals surface area contributed by atoms with Crippen LogP contribution in [0.15, 0.2) is 85.1 Å². The Morgan fingerprint density at radius 2 is 0.520 bits per heavy atom. The average Bonchev–Trinajstić information content (AvgIpc) is 0.953. The molecule has 19 heteroatoms. The van der Waals surface area contributed by atoms with Crippen LogP contribution in [-0.2, 0) is 65.4 Å². The highest BCUT2D eigenvalue weighted by Gasteiger charge is 2.30. The van der Waals surface area contributed by atoms with Crippen molar-refractivity contribution in [2.24, 2.45) is 0 Å². The minimum atomic E-state index is -4.98. The van der Waals surface area contributed by atoms with Gasteiger partial charge in [-0.25, -0.2) is 9.13 Å². The Kier molecular flexibility index (Phi) is 70.8. The van der Waals surface area contributed by atoms with Crippen molar-refractivity contribution >= 4 is 39.5 Å². The lowest BCUT2D eigenvalue weighted by atomic mass is 10.1. The summed E-state index contributed by atoms with van der Waals surface area (Å²) in [5, 5.41) is 10.6. The molecule has 0 heterocycles. The highest BCUT2D eigenvalue weighted by atomic mass is 31.2. The Hall–Kier alpha value is -3.76. The van der Waals surface area contributed by atoms with E-state index in [1.165, 1.54) is 96.3 Å². The standard InChI is InChI=1S/C81H144O17P2/c1-5-9-13-17-21-25-29-32-35-36-37-38-41-43-47-50-54-58-62-66-79(84)91-71-76(97-80(85)67-63-59-55-51-45-28-24-20-16-12-8-4)73-95-99(87,88)93-69-75(82)70-94-100(89,90)96-74-77(98-81(86)68-64-60-56-52-48-44-40-34-31-27-23-19-15-11-7-3)72-92-78(83)65-61-57-53-49-46-42-39-33-30-26-22-18-14-10-6-2/h9,13,21-22,25-26,32-35,37-40,75-77,82H,5-8,10-12,14-20,23-24,27-31,36,41-74H2,1-4H3,(H,87,88)(H,89,90)/b13-9-,25-21-,26-22-,35-32-,38-37-,39-33-,40-34-. The lowest BCUT2D eigenvalue weighted by molar-refractivity contribution is -0.161. The van der Waals surface area contributed by atoms with Gasteiger partial charge in [-0.1, -0.05) is 286 Å². The maximum absolute atomic E-state index is 13.1. The van der Waals surface area contributed by atoms with Crippen molar-refractivity contribution in [2.75, 3.05) is 39.6 Å². The number of aliphatic hydroxyl groups excluding tert-OH is 1. The van der Waals surface area contributed by atoms with Crippen molar-refractivity contribution in [3.05, 3.63) is 85.1 Å². The number of ether oxygens (including phenoxy) is 4. The van der Waals surface area contributed by atoms with Crippen LogP contribution in [0, 0.1) is 0 Å². The third-order valence-corrected chi connectivity index (χ3v) is 18.7. The van der Waals surface area contributed by atoms with Crippen LogP contribution in [0.4, 0.5) is 0 Å². The Balaban J connectivity index is 5.32. The van der Waals surface area contributed by atoms with Crippen molar-refractivity contribution in [1.82, 2.24) is 0 Å². The van der Waals surface area contributed by atoms with E-state index in [2.05, 4.69) is 113 Å². The summed E-state index contributed by atoms with van der Waals surface area (Å²) in [6.07, 6.45) is 75.6. The van der Waals surface area contributed by atoms with E-state index in [-0.39, 0.29) is 25.7 Å². The van der Waals surface area contributed by atoms with Crippen LogP contribution in [0.1, 0.15) is 349 Å². The summed E-state index contributed by atoms with van der Waals surface area (Å²) < 4.78 is 68.5. The molecule has 3 N–H and O–H groups in total. The quantitative estimate of drug-likeness (QED) is 0.0169. The SMILES string of the molecule is CC/C=C\C/C=C\C/C=C\C/C=C\CCCCCCCCC(=O)OCC(COP(=O)(O)OCC(O)COP(=O)(O)OCC(COC(=O)CCCCCCC/C=C\C/C=C\CCCCC)OC(=O)CCCCCCC/C=C\CCCCCCCC)OC(=O)CCCCCCCCCCCCC. The van der Waals surface area contributed by atoms with Gasteiger partial charge in [-0.2, -0.15) is 0 Å². The second-order valence-electron chi connectivity index (χ2n) is 26.6. The first-order valence-electron chi connectivity index (χ1n) is 39.8. The molecule has 0 rings (SSSR count). The molecule has 0 aromatic carbocycles. The van der Waals surface area contributed by atoms with Gasteiger partial charge in [-0.3, -0.25) is 37.3 Å².